The standard InChI is InChI=1S/C14H13N5/c15-9-12-5-6-17-14(18-12)19-8-7-16-10-11-3-1-2-4-13(11)19/h1-6,16H,7-8,10H2. The van der Waals surface area contributed by atoms with Gasteiger partial charge in [0, 0.05) is 31.5 Å². The highest BCUT2D eigenvalue weighted by molar-refractivity contribution is 5.62. The van der Waals surface area contributed by atoms with Crippen LogP contribution in [0.3, 0.4) is 0 Å². The maximum atomic E-state index is 8.94. The van der Waals surface area contributed by atoms with Crippen LogP contribution >= 0.6 is 0 Å². The van der Waals surface area contributed by atoms with Gasteiger partial charge in [0.25, 0.3) is 0 Å². The summed E-state index contributed by atoms with van der Waals surface area (Å²) >= 11 is 0. The van der Waals surface area contributed by atoms with Crippen molar-refractivity contribution >= 4 is 11.6 Å². The molecule has 0 unspecified atom stereocenters. The molecule has 3 rings (SSSR count). The Morgan fingerprint density at radius 3 is 3.05 bits per heavy atom. The zero-order valence-electron chi connectivity index (χ0n) is 10.4. The Balaban J connectivity index is 2.07. The second-order valence-corrected chi connectivity index (χ2v) is 4.31. The Morgan fingerprint density at radius 2 is 2.16 bits per heavy atom. The molecule has 0 aliphatic carbocycles. The Labute approximate surface area is 111 Å². The Bertz CT molecular complexity index is 632. The highest BCUT2D eigenvalue weighted by Gasteiger charge is 2.18. The number of benzene rings is 1. The van der Waals surface area contributed by atoms with Crippen LogP contribution in [0.1, 0.15) is 11.3 Å². The second kappa shape index (κ2) is 5.04. The number of nitrogens with zero attached hydrogens (tertiary/aromatic N) is 4. The fourth-order valence-corrected chi connectivity index (χ4v) is 2.21. The first-order chi connectivity index (χ1) is 9.38. The maximum absolute atomic E-state index is 8.94. The van der Waals surface area contributed by atoms with Crippen LogP contribution in [0.4, 0.5) is 11.6 Å². The SMILES string of the molecule is N#Cc1ccnc(N2CCNCc3ccccc32)n1. The molecule has 1 aromatic carbocycles. The van der Waals surface area contributed by atoms with Crippen molar-refractivity contribution in [2.45, 2.75) is 6.54 Å². The van der Waals surface area contributed by atoms with Gasteiger partial charge in [0.05, 0.1) is 0 Å². The van der Waals surface area contributed by atoms with Gasteiger partial charge in [-0.25, -0.2) is 9.97 Å². The number of para-hydroxylation sites is 1. The molecule has 0 radical (unpaired) electrons. The molecule has 0 fully saturated rings. The summed E-state index contributed by atoms with van der Waals surface area (Å²) in [5, 5.41) is 12.3. The molecule has 0 atom stereocenters. The Hall–Kier alpha value is -2.45. The van der Waals surface area contributed by atoms with E-state index in [0.717, 1.165) is 25.3 Å². The molecule has 0 saturated carbocycles. The summed E-state index contributed by atoms with van der Waals surface area (Å²) in [6, 6.07) is 11.9. The van der Waals surface area contributed by atoms with Gasteiger partial charge < -0.3 is 10.2 Å². The smallest absolute Gasteiger partial charge is 0.231 e. The van der Waals surface area contributed by atoms with Crippen LogP contribution < -0.4 is 10.2 Å². The number of fused-ring (bicyclic) bond motifs is 1. The Kier molecular flexibility index (Phi) is 3.09. The normalized spacial score (nSPS) is 14.4. The molecule has 0 saturated heterocycles. The van der Waals surface area contributed by atoms with Gasteiger partial charge in [-0.15, -0.1) is 0 Å². The zero-order valence-corrected chi connectivity index (χ0v) is 10.4. The molecule has 1 aromatic heterocycles. The van der Waals surface area contributed by atoms with E-state index in [2.05, 4.69) is 38.4 Å². The minimum atomic E-state index is 0.389. The van der Waals surface area contributed by atoms with E-state index < -0.39 is 0 Å². The van der Waals surface area contributed by atoms with Gasteiger partial charge in [-0.3, -0.25) is 0 Å². The number of hydrogen-bond donors (Lipinski definition) is 1. The number of rotatable bonds is 1. The van der Waals surface area contributed by atoms with Crippen LogP contribution in [0.25, 0.3) is 0 Å². The number of nitrogens with one attached hydrogen (secondary N) is 1. The lowest BCUT2D eigenvalue weighted by Crippen LogP contribution is -2.26. The molecule has 5 nitrogen and oxygen atoms in total. The molecule has 2 heterocycles. The topological polar surface area (TPSA) is 64.8 Å². The molecule has 1 aliphatic rings. The van der Waals surface area contributed by atoms with E-state index in [4.69, 9.17) is 5.26 Å². The van der Waals surface area contributed by atoms with Crippen molar-refractivity contribution in [1.82, 2.24) is 15.3 Å². The van der Waals surface area contributed by atoms with Crippen molar-refractivity contribution in [3.63, 3.8) is 0 Å². The number of aromatic nitrogens is 2. The number of nitriles is 1. The Morgan fingerprint density at radius 1 is 1.26 bits per heavy atom. The maximum Gasteiger partial charge on any atom is 0.231 e. The predicted octanol–water partition coefficient (Wildman–Crippen LogP) is 1.59. The van der Waals surface area contributed by atoms with Gasteiger partial charge in [0.1, 0.15) is 11.8 Å². The molecule has 1 aliphatic heterocycles. The molecule has 0 bridgehead atoms. The third kappa shape index (κ3) is 2.26. The van der Waals surface area contributed by atoms with Crippen LogP contribution in [0, 0.1) is 11.3 Å². The van der Waals surface area contributed by atoms with Crippen LogP contribution in [-0.2, 0) is 6.54 Å². The van der Waals surface area contributed by atoms with E-state index in [1.54, 1.807) is 12.3 Å². The van der Waals surface area contributed by atoms with Crippen LogP contribution in [0.5, 0.6) is 0 Å². The van der Waals surface area contributed by atoms with E-state index in [0.29, 0.717) is 11.6 Å². The number of hydrogen-bond acceptors (Lipinski definition) is 5. The molecular weight excluding hydrogens is 238 g/mol. The van der Waals surface area contributed by atoms with Crippen molar-refractivity contribution < 1.29 is 0 Å². The highest BCUT2D eigenvalue weighted by Crippen LogP contribution is 2.27. The van der Waals surface area contributed by atoms with Gasteiger partial charge in [0.15, 0.2) is 0 Å². The molecule has 5 heteroatoms. The van der Waals surface area contributed by atoms with Gasteiger partial charge in [-0.2, -0.15) is 5.26 Å². The number of anilines is 2. The predicted molar refractivity (Wildman–Crippen MR) is 71.9 cm³/mol. The monoisotopic (exact) mass is 251 g/mol. The lowest BCUT2D eigenvalue weighted by Gasteiger charge is -2.22. The summed E-state index contributed by atoms with van der Waals surface area (Å²) in [6.45, 7) is 2.48. The lowest BCUT2D eigenvalue weighted by molar-refractivity contribution is 0.709. The average molecular weight is 251 g/mol. The highest BCUT2D eigenvalue weighted by atomic mass is 15.3. The van der Waals surface area contributed by atoms with Crippen LogP contribution in [-0.4, -0.2) is 23.1 Å². The van der Waals surface area contributed by atoms with Crippen molar-refractivity contribution in [1.29, 1.82) is 5.26 Å². The fourth-order valence-electron chi connectivity index (χ4n) is 2.21. The summed E-state index contributed by atoms with van der Waals surface area (Å²) in [4.78, 5) is 10.6. The zero-order chi connectivity index (χ0) is 13.1. The van der Waals surface area contributed by atoms with Gasteiger partial charge in [0.2, 0.25) is 5.95 Å². The minimum absolute atomic E-state index is 0.389. The third-order valence-electron chi connectivity index (χ3n) is 3.11. The molecule has 0 amide bonds. The average Bonchev–Trinajstić information content (AvgIpc) is 2.69. The summed E-state index contributed by atoms with van der Waals surface area (Å²) in [5.41, 5.74) is 2.70. The first-order valence-corrected chi connectivity index (χ1v) is 6.18. The first-order valence-electron chi connectivity index (χ1n) is 6.18. The molecular formula is C14H13N5. The summed E-state index contributed by atoms with van der Waals surface area (Å²) in [6.07, 6.45) is 1.63. The van der Waals surface area contributed by atoms with E-state index >= 15 is 0 Å². The van der Waals surface area contributed by atoms with E-state index in [-0.39, 0.29) is 0 Å². The molecule has 2 aromatic rings. The third-order valence-corrected chi connectivity index (χ3v) is 3.11. The molecule has 1 N–H and O–H groups in total. The summed E-state index contributed by atoms with van der Waals surface area (Å²) in [5.74, 6) is 0.579. The van der Waals surface area contributed by atoms with E-state index in [1.165, 1.54) is 5.56 Å². The van der Waals surface area contributed by atoms with Gasteiger partial charge >= 0.3 is 0 Å². The lowest BCUT2D eigenvalue weighted by atomic mass is 10.1. The second-order valence-electron chi connectivity index (χ2n) is 4.31. The first kappa shape index (κ1) is 11.6. The van der Waals surface area contributed by atoms with Gasteiger partial charge in [-0.1, -0.05) is 18.2 Å². The summed E-state index contributed by atoms with van der Waals surface area (Å²) < 4.78 is 0. The molecule has 0 spiro atoms. The quantitative estimate of drug-likeness (QED) is 0.833. The van der Waals surface area contributed by atoms with E-state index in [1.807, 2.05) is 12.1 Å². The van der Waals surface area contributed by atoms with Crippen molar-refractivity contribution in [3.8, 4) is 6.07 Å². The largest absolute Gasteiger partial charge is 0.311 e. The minimum Gasteiger partial charge on any atom is -0.311 e. The fraction of sp³-hybridized carbons (Fsp3) is 0.214. The van der Waals surface area contributed by atoms with E-state index in [9.17, 15) is 0 Å². The van der Waals surface area contributed by atoms with Crippen molar-refractivity contribution in [2.75, 3.05) is 18.0 Å². The van der Waals surface area contributed by atoms with Gasteiger partial charge in [-0.05, 0) is 17.7 Å². The van der Waals surface area contributed by atoms with Crippen molar-refractivity contribution in [3.05, 3.63) is 47.8 Å². The molecule has 94 valence electrons. The molecule has 19 heavy (non-hydrogen) atoms. The van der Waals surface area contributed by atoms with Crippen LogP contribution in [0.15, 0.2) is 36.5 Å². The van der Waals surface area contributed by atoms with Crippen molar-refractivity contribution in [2.24, 2.45) is 0 Å². The van der Waals surface area contributed by atoms with Crippen LogP contribution in [0.2, 0.25) is 0 Å². The summed E-state index contributed by atoms with van der Waals surface area (Å²) in [7, 11) is 0.